The third kappa shape index (κ3) is 6.26. The van der Waals surface area contributed by atoms with Crippen molar-refractivity contribution in [2.24, 2.45) is 0 Å². The van der Waals surface area contributed by atoms with E-state index >= 15 is 0 Å². The largest absolute Gasteiger partial charge is 0.368 e. The standard InChI is InChI=1S/C17H32N8.ClH/c1-5-24(6-2)11-9-18-15-14-13-20-23-16(14)22-17(21-15)19-10-12-25(7-3)8-4;/h13H,5-12H2,1-4H3,(H3,18,19,20,21,22,23);1H. The third-order valence-corrected chi connectivity index (χ3v) is 4.53. The van der Waals surface area contributed by atoms with Crippen LogP contribution in [0.1, 0.15) is 27.7 Å². The highest BCUT2D eigenvalue weighted by molar-refractivity contribution is 5.87. The minimum Gasteiger partial charge on any atom is -0.368 e. The minimum atomic E-state index is 0. The van der Waals surface area contributed by atoms with E-state index in [1.165, 1.54) is 0 Å². The Hall–Kier alpha value is -1.64. The van der Waals surface area contributed by atoms with Crippen molar-refractivity contribution in [1.29, 1.82) is 0 Å². The Morgan fingerprint density at radius 1 is 0.885 bits per heavy atom. The molecule has 2 heterocycles. The minimum absolute atomic E-state index is 0. The summed E-state index contributed by atoms with van der Waals surface area (Å²) in [5.74, 6) is 1.46. The predicted octanol–water partition coefficient (Wildman–Crippen LogP) is 2.28. The van der Waals surface area contributed by atoms with Crippen molar-refractivity contribution in [2.45, 2.75) is 27.7 Å². The van der Waals surface area contributed by atoms with Gasteiger partial charge in [0.2, 0.25) is 5.95 Å². The van der Waals surface area contributed by atoms with Gasteiger partial charge in [-0.1, -0.05) is 27.7 Å². The summed E-state index contributed by atoms with van der Waals surface area (Å²) in [7, 11) is 0. The SMILES string of the molecule is CCN(CC)CCNc1nc(NCCN(CC)CC)c2cn[nH]c2n1.Cl. The van der Waals surface area contributed by atoms with Crippen LogP contribution in [0.3, 0.4) is 0 Å². The lowest BCUT2D eigenvalue weighted by molar-refractivity contribution is 0.315. The summed E-state index contributed by atoms with van der Waals surface area (Å²) in [5.41, 5.74) is 0.755. The van der Waals surface area contributed by atoms with Gasteiger partial charge in [-0.15, -0.1) is 12.4 Å². The summed E-state index contributed by atoms with van der Waals surface area (Å²) < 4.78 is 0. The van der Waals surface area contributed by atoms with Gasteiger partial charge < -0.3 is 20.4 Å². The summed E-state index contributed by atoms with van der Waals surface area (Å²) in [4.78, 5) is 13.9. The van der Waals surface area contributed by atoms with Crippen molar-refractivity contribution in [3.63, 3.8) is 0 Å². The fourth-order valence-corrected chi connectivity index (χ4v) is 2.79. The maximum atomic E-state index is 4.64. The molecular formula is C17H33ClN8. The molecule has 0 saturated heterocycles. The maximum absolute atomic E-state index is 4.64. The zero-order valence-electron chi connectivity index (χ0n) is 16.4. The van der Waals surface area contributed by atoms with Crippen LogP contribution in [0.15, 0.2) is 6.20 Å². The van der Waals surface area contributed by atoms with Crippen LogP contribution in [-0.2, 0) is 0 Å². The average molecular weight is 385 g/mol. The molecule has 0 amide bonds. The molecule has 2 aromatic rings. The quantitative estimate of drug-likeness (QED) is 0.517. The number of nitrogens with zero attached hydrogens (tertiary/aromatic N) is 5. The van der Waals surface area contributed by atoms with Crippen molar-refractivity contribution in [2.75, 3.05) is 63.0 Å². The van der Waals surface area contributed by atoms with Gasteiger partial charge in [-0.2, -0.15) is 15.1 Å². The second-order valence-electron chi connectivity index (χ2n) is 5.94. The van der Waals surface area contributed by atoms with E-state index in [2.05, 4.69) is 68.3 Å². The molecule has 0 atom stereocenters. The lowest BCUT2D eigenvalue weighted by Gasteiger charge is -2.19. The number of hydrogen-bond acceptors (Lipinski definition) is 7. The van der Waals surface area contributed by atoms with Gasteiger partial charge in [-0.25, -0.2) is 0 Å². The molecule has 0 spiro atoms. The Bertz CT molecular complexity index is 624. The number of H-pyrrole nitrogens is 1. The molecule has 26 heavy (non-hydrogen) atoms. The molecule has 148 valence electrons. The number of hydrogen-bond donors (Lipinski definition) is 3. The van der Waals surface area contributed by atoms with Crippen LogP contribution >= 0.6 is 12.4 Å². The van der Waals surface area contributed by atoms with Gasteiger partial charge in [0, 0.05) is 26.2 Å². The van der Waals surface area contributed by atoms with Gasteiger partial charge in [0.1, 0.15) is 5.82 Å². The lowest BCUT2D eigenvalue weighted by Crippen LogP contribution is -2.29. The van der Waals surface area contributed by atoms with Gasteiger partial charge in [0.05, 0.1) is 11.6 Å². The molecule has 0 bridgehead atoms. The molecular weight excluding hydrogens is 352 g/mol. The zero-order valence-corrected chi connectivity index (χ0v) is 17.2. The molecule has 0 unspecified atom stereocenters. The summed E-state index contributed by atoms with van der Waals surface area (Å²) in [6, 6.07) is 0. The summed E-state index contributed by atoms with van der Waals surface area (Å²) in [6.07, 6.45) is 1.77. The fraction of sp³-hybridized carbons (Fsp3) is 0.706. The molecule has 2 aromatic heterocycles. The lowest BCUT2D eigenvalue weighted by atomic mass is 10.4. The Balaban J connectivity index is 0.00000338. The fourth-order valence-electron chi connectivity index (χ4n) is 2.79. The van der Waals surface area contributed by atoms with E-state index < -0.39 is 0 Å². The molecule has 2 rings (SSSR count). The molecule has 0 aliphatic carbocycles. The van der Waals surface area contributed by atoms with E-state index in [0.717, 1.165) is 69.2 Å². The van der Waals surface area contributed by atoms with E-state index in [9.17, 15) is 0 Å². The highest BCUT2D eigenvalue weighted by Crippen LogP contribution is 2.19. The van der Waals surface area contributed by atoms with Crippen LogP contribution in [-0.4, -0.2) is 82.3 Å². The van der Waals surface area contributed by atoms with Crippen molar-refractivity contribution in [3.8, 4) is 0 Å². The van der Waals surface area contributed by atoms with Crippen molar-refractivity contribution in [3.05, 3.63) is 6.20 Å². The van der Waals surface area contributed by atoms with Gasteiger partial charge in [0.15, 0.2) is 5.65 Å². The van der Waals surface area contributed by atoms with Gasteiger partial charge >= 0.3 is 0 Å². The van der Waals surface area contributed by atoms with Crippen molar-refractivity contribution in [1.82, 2.24) is 30.0 Å². The van der Waals surface area contributed by atoms with Crippen LogP contribution in [0.25, 0.3) is 11.0 Å². The molecule has 8 nitrogen and oxygen atoms in total. The number of rotatable bonds is 12. The van der Waals surface area contributed by atoms with Crippen LogP contribution in [0.5, 0.6) is 0 Å². The van der Waals surface area contributed by atoms with Crippen LogP contribution in [0, 0.1) is 0 Å². The highest BCUT2D eigenvalue weighted by atomic mass is 35.5. The first-order valence-electron chi connectivity index (χ1n) is 9.35. The summed E-state index contributed by atoms with van der Waals surface area (Å²) in [6.45, 7) is 16.6. The summed E-state index contributed by atoms with van der Waals surface area (Å²) in [5, 5.41) is 14.7. The van der Waals surface area contributed by atoms with E-state index in [0.29, 0.717) is 5.95 Å². The van der Waals surface area contributed by atoms with Gasteiger partial charge in [-0.3, -0.25) is 5.10 Å². The molecule has 0 aromatic carbocycles. The maximum Gasteiger partial charge on any atom is 0.226 e. The van der Waals surface area contributed by atoms with E-state index in [1.807, 2.05) is 0 Å². The molecule has 0 aliphatic rings. The molecule has 0 aliphatic heterocycles. The van der Waals surface area contributed by atoms with Crippen LogP contribution in [0.2, 0.25) is 0 Å². The zero-order chi connectivity index (χ0) is 18.1. The smallest absolute Gasteiger partial charge is 0.226 e. The van der Waals surface area contributed by atoms with E-state index in [1.54, 1.807) is 6.20 Å². The topological polar surface area (TPSA) is 85.0 Å². The molecule has 0 radical (unpaired) electrons. The molecule has 9 heteroatoms. The highest BCUT2D eigenvalue weighted by Gasteiger charge is 2.10. The number of anilines is 2. The molecule has 3 N–H and O–H groups in total. The van der Waals surface area contributed by atoms with Crippen LogP contribution in [0.4, 0.5) is 11.8 Å². The second kappa shape index (κ2) is 11.9. The van der Waals surface area contributed by atoms with E-state index in [4.69, 9.17) is 0 Å². The number of aromatic amines is 1. The first kappa shape index (κ1) is 22.4. The first-order valence-corrected chi connectivity index (χ1v) is 9.35. The third-order valence-electron chi connectivity index (χ3n) is 4.53. The number of nitrogens with one attached hydrogen (secondary N) is 3. The predicted molar refractivity (Wildman–Crippen MR) is 111 cm³/mol. The normalized spacial score (nSPS) is 11.2. The Labute approximate surface area is 162 Å². The Morgan fingerprint density at radius 2 is 1.46 bits per heavy atom. The average Bonchev–Trinajstić information content (AvgIpc) is 3.11. The van der Waals surface area contributed by atoms with Crippen molar-refractivity contribution < 1.29 is 0 Å². The number of aromatic nitrogens is 4. The van der Waals surface area contributed by atoms with Crippen LogP contribution < -0.4 is 10.6 Å². The number of likely N-dealkylation sites (N-methyl/N-ethyl adjacent to an activating group) is 2. The molecule has 0 fully saturated rings. The monoisotopic (exact) mass is 384 g/mol. The Kier molecular flexibility index (Phi) is 10.2. The van der Waals surface area contributed by atoms with Gasteiger partial charge in [0.25, 0.3) is 0 Å². The second-order valence-corrected chi connectivity index (χ2v) is 5.94. The first-order chi connectivity index (χ1) is 12.2. The summed E-state index contributed by atoms with van der Waals surface area (Å²) >= 11 is 0. The number of halogens is 1. The van der Waals surface area contributed by atoms with E-state index in [-0.39, 0.29) is 12.4 Å². The Morgan fingerprint density at radius 3 is 2.04 bits per heavy atom. The number of fused-ring (bicyclic) bond motifs is 1. The van der Waals surface area contributed by atoms with Gasteiger partial charge in [-0.05, 0) is 26.2 Å². The molecule has 0 saturated carbocycles. The van der Waals surface area contributed by atoms with Crippen molar-refractivity contribution >= 4 is 35.2 Å².